The van der Waals surface area contributed by atoms with Crippen LogP contribution in [0.3, 0.4) is 0 Å². The molecular weight excluding hydrogens is 440 g/mol. The first-order valence-electron chi connectivity index (χ1n) is 12.1. The quantitative estimate of drug-likeness (QED) is 0.410. The van der Waals surface area contributed by atoms with Crippen LogP contribution < -0.4 is 0 Å². The molecule has 3 fully saturated rings. The highest BCUT2D eigenvalue weighted by Crippen LogP contribution is 2.45. The third kappa shape index (κ3) is 4.72. The Labute approximate surface area is 206 Å². The van der Waals surface area contributed by atoms with Crippen molar-refractivity contribution in [2.24, 2.45) is 5.41 Å². The molecule has 0 aromatic heterocycles. The first-order valence-corrected chi connectivity index (χ1v) is 12.1. The van der Waals surface area contributed by atoms with Gasteiger partial charge < -0.3 is 14.2 Å². The van der Waals surface area contributed by atoms with Crippen molar-refractivity contribution in [1.82, 2.24) is 0 Å². The lowest BCUT2D eigenvalue weighted by Gasteiger charge is -2.50. The van der Waals surface area contributed by atoms with Crippen LogP contribution >= 0.6 is 0 Å². The monoisotopic (exact) mass is 470 g/mol. The Bertz CT molecular complexity index is 1160. The van der Waals surface area contributed by atoms with Gasteiger partial charge in [0, 0.05) is 23.3 Å². The van der Waals surface area contributed by atoms with Gasteiger partial charge >= 0.3 is 5.97 Å². The second kappa shape index (κ2) is 9.50. The number of carbonyl (C=O) groups excluding carboxylic acids is 2. The molecule has 3 aliphatic rings. The summed E-state index contributed by atoms with van der Waals surface area (Å²) in [6.07, 6.45) is 0.159. The van der Waals surface area contributed by atoms with Gasteiger partial charge in [-0.05, 0) is 18.1 Å². The zero-order valence-electron chi connectivity index (χ0n) is 20.1. The summed E-state index contributed by atoms with van der Waals surface area (Å²) in [5, 5.41) is 0. The van der Waals surface area contributed by atoms with Crippen LogP contribution in [0.4, 0.5) is 0 Å². The van der Waals surface area contributed by atoms with E-state index in [1.54, 1.807) is 0 Å². The molecular formula is C30H30O5. The van der Waals surface area contributed by atoms with E-state index in [0.29, 0.717) is 25.4 Å². The molecule has 180 valence electrons. The number of rotatable bonds is 8. The summed E-state index contributed by atoms with van der Waals surface area (Å²) in [5.41, 5.74) is 3.16. The summed E-state index contributed by atoms with van der Waals surface area (Å²) >= 11 is 0. The minimum atomic E-state index is -1.75. The van der Waals surface area contributed by atoms with Crippen LogP contribution in [0.1, 0.15) is 52.2 Å². The largest absolute Gasteiger partial charge is 0.347 e. The molecule has 2 atom stereocenters. The van der Waals surface area contributed by atoms with Gasteiger partial charge in [-0.3, -0.25) is 9.59 Å². The molecule has 0 saturated carbocycles. The Morgan fingerprint density at radius 2 is 1.31 bits per heavy atom. The van der Waals surface area contributed by atoms with Crippen LogP contribution in [-0.2, 0) is 19.0 Å². The summed E-state index contributed by atoms with van der Waals surface area (Å²) in [6, 6.07) is 26.8. The summed E-state index contributed by atoms with van der Waals surface area (Å²) < 4.78 is 17.9. The number of hydrogen-bond acceptors (Lipinski definition) is 5. The maximum atomic E-state index is 14.3. The molecule has 3 aliphatic heterocycles. The first-order chi connectivity index (χ1) is 16.9. The molecule has 35 heavy (non-hydrogen) atoms. The molecule has 6 rings (SSSR count). The van der Waals surface area contributed by atoms with E-state index in [-0.39, 0.29) is 23.4 Å². The Kier molecular flexibility index (Phi) is 6.41. The Hall–Kier alpha value is -3.12. The zero-order chi connectivity index (χ0) is 24.5. The van der Waals surface area contributed by atoms with E-state index in [0.717, 1.165) is 16.7 Å². The van der Waals surface area contributed by atoms with E-state index in [4.69, 9.17) is 14.2 Å². The van der Waals surface area contributed by atoms with E-state index in [1.165, 1.54) is 0 Å². The van der Waals surface area contributed by atoms with Crippen molar-refractivity contribution < 1.29 is 23.8 Å². The van der Waals surface area contributed by atoms with Crippen LogP contribution in [0, 0.1) is 12.3 Å². The van der Waals surface area contributed by atoms with Gasteiger partial charge in [-0.25, -0.2) is 0 Å². The highest BCUT2D eigenvalue weighted by molar-refractivity contribution is 5.98. The van der Waals surface area contributed by atoms with Gasteiger partial charge in [-0.15, -0.1) is 0 Å². The van der Waals surface area contributed by atoms with Crippen LogP contribution in [0.5, 0.6) is 0 Å². The predicted octanol–water partition coefficient (Wildman–Crippen LogP) is 5.44. The number of carbonyl (C=O) groups is 2. The fourth-order valence-electron chi connectivity index (χ4n) is 4.87. The second-order valence-corrected chi connectivity index (χ2v) is 10.00. The summed E-state index contributed by atoms with van der Waals surface area (Å²) in [4.78, 5) is 27.7. The molecule has 2 unspecified atom stereocenters. The predicted molar refractivity (Wildman–Crippen MR) is 132 cm³/mol. The van der Waals surface area contributed by atoms with Gasteiger partial charge in [-0.2, -0.15) is 0 Å². The topological polar surface area (TPSA) is 61.8 Å². The third-order valence-electron chi connectivity index (χ3n) is 6.98. The molecule has 0 amide bonds. The van der Waals surface area contributed by atoms with Crippen LogP contribution in [-0.4, -0.2) is 37.4 Å². The van der Waals surface area contributed by atoms with E-state index in [1.807, 2.05) is 98.8 Å². The fourth-order valence-corrected chi connectivity index (χ4v) is 4.87. The molecule has 2 bridgehead atoms. The van der Waals surface area contributed by atoms with Crippen LogP contribution in [0.25, 0.3) is 0 Å². The van der Waals surface area contributed by atoms with Gasteiger partial charge in [0.1, 0.15) is 0 Å². The highest BCUT2D eigenvalue weighted by Gasteiger charge is 2.58. The molecule has 3 saturated heterocycles. The molecule has 5 nitrogen and oxygen atoms in total. The van der Waals surface area contributed by atoms with Crippen LogP contribution in [0.2, 0.25) is 0 Å². The second-order valence-electron chi connectivity index (χ2n) is 10.00. The summed E-state index contributed by atoms with van der Waals surface area (Å²) in [6.45, 7) is 5.18. The van der Waals surface area contributed by atoms with Gasteiger partial charge in [0.25, 0.3) is 0 Å². The van der Waals surface area contributed by atoms with Gasteiger partial charge in [0.2, 0.25) is 5.78 Å². The fraction of sp³-hybridized carbons (Fsp3) is 0.333. The normalized spacial score (nSPS) is 25.1. The van der Waals surface area contributed by atoms with E-state index in [9.17, 15) is 9.59 Å². The number of aryl methyl sites for hydroxylation is 1. The molecule has 5 heteroatoms. The number of hydrogen-bond donors (Lipinski definition) is 0. The average molecular weight is 471 g/mol. The average Bonchev–Trinajstić information content (AvgIpc) is 2.91. The van der Waals surface area contributed by atoms with Crippen molar-refractivity contribution in [2.45, 2.75) is 38.1 Å². The SMILES string of the molecule is Cc1ccc(C(C(=O)C23OCC(C)(CO2)CO3)C(CC(=O)c2ccccc2)c2ccccc2)cc1. The number of fused-ring (bicyclic) bond motifs is 3. The summed E-state index contributed by atoms with van der Waals surface area (Å²) in [5.74, 6) is -3.22. The first kappa shape index (κ1) is 23.6. The van der Waals surface area contributed by atoms with Gasteiger partial charge in [0.15, 0.2) is 5.78 Å². The van der Waals surface area contributed by atoms with Crippen molar-refractivity contribution in [1.29, 1.82) is 0 Å². The lowest BCUT2D eigenvalue weighted by molar-refractivity contribution is -0.440. The molecule has 0 aliphatic carbocycles. The van der Waals surface area contributed by atoms with Crippen molar-refractivity contribution in [3.05, 3.63) is 107 Å². The van der Waals surface area contributed by atoms with Gasteiger partial charge in [0.05, 0.1) is 25.7 Å². The Balaban J connectivity index is 1.58. The smallest absolute Gasteiger partial charge is 0.320 e. The van der Waals surface area contributed by atoms with E-state index >= 15 is 0 Å². The van der Waals surface area contributed by atoms with Crippen LogP contribution in [0.15, 0.2) is 84.9 Å². The molecule has 3 aromatic rings. The number of Topliss-reactive ketones (excluding diaryl/α,β-unsaturated/α-hetero) is 2. The van der Waals surface area contributed by atoms with E-state index in [2.05, 4.69) is 0 Å². The minimum absolute atomic E-state index is 0.0236. The maximum absolute atomic E-state index is 14.3. The Morgan fingerprint density at radius 3 is 1.89 bits per heavy atom. The number of ether oxygens (including phenoxy) is 3. The van der Waals surface area contributed by atoms with Crippen molar-refractivity contribution in [2.75, 3.05) is 19.8 Å². The van der Waals surface area contributed by atoms with Crippen molar-refractivity contribution in [3.8, 4) is 0 Å². The number of ketones is 2. The maximum Gasteiger partial charge on any atom is 0.347 e. The Morgan fingerprint density at radius 1 is 0.771 bits per heavy atom. The molecule has 3 heterocycles. The zero-order valence-corrected chi connectivity index (χ0v) is 20.1. The summed E-state index contributed by atoms with van der Waals surface area (Å²) in [7, 11) is 0. The standard InChI is InChI=1S/C30H30O5/c1-21-13-15-24(16-14-21)27(28(32)30-33-18-29(2,19-34-30)20-35-30)25(22-9-5-3-6-10-22)17-26(31)23-11-7-4-8-12-23/h3-16,25,27H,17-20H2,1-2H3. The van der Waals surface area contributed by atoms with Crippen molar-refractivity contribution >= 4 is 11.6 Å². The molecule has 0 spiro atoms. The lowest BCUT2D eigenvalue weighted by Crippen LogP contribution is -2.63. The van der Waals surface area contributed by atoms with E-state index < -0.39 is 17.8 Å². The third-order valence-corrected chi connectivity index (χ3v) is 6.98. The molecule has 0 radical (unpaired) electrons. The highest BCUT2D eigenvalue weighted by atomic mass is 16.9. The lowest BCUT2D eigenvalue weighted by atomic mass is 9.74. The van der Waals surface area contributed by atoms with Crippen molar-refractivity contribution in [3.63, 3.8) is 0 Å². The molecule has 0 N–H and O–H groups in total. The van der Waals surface area contributed by atoms with Gasteiger partial charge in [-0.1, -0.05) is 97.4 Å². The molecule has 3 aromatic carbocycles. The number of benzene rings is 3. The minimum Gasteiger partial charge on any atom is -0.320 e.